The number of fused-ring (bicyclic) bond motifs is 1. The molecule has 1 unspecified atom stereocenters. The SMILES string of the molecule is COc1cc(C2C(C#N)=C(N)Oc3cc(OC(=O)COc4cccc(Cl)c4)ccc32)ccc1OCc1ccc(Cl)cc1. The zero-order valence-corrected chi connectivity index (χ0v) is 23.8. The maximum Gasteiger partial charge on any atom is 0.349 e. The van der Waals surface area contributed by atoms with Crippen LogP contribution in [0.1, 0.15) is 22.6 Å². The van der Waals surface area contributed by atoms with E-state index in [9.17, 15) is 10.1 Å². The second-order valence-corrected chi connectivity index (χ2v) is 10.0. The Kier molecular flexibility index (Phi) is 8.72. The summed E-state index contributed by atoms with van der Waals surface area (Å²) in [6.45, 7) is -0.0112. The third kappa shape index (κ3) is 6.55. The summed E-state index contributed by atoms with van der Waals surface area (Å²) < 4.78 is 28.2. The van der Waals surface area contributed by atoms with Crippen LogP contribution in [0.4, 0.5) is 0 Å². The molecule has 8 nitrogen and oxygen atoms in total. The molecule has 0 saturated heterocycles. The number of halogens is 2. The van der Waals surface area contributed by atoms with Crippen molar-refractivity contribution < 1.29 is 28.5 Å². The normalized spacial score (nSPS) is 13.8. The lowest BCUT2D eigenvalue weighted by molar-refractivity contribution is -0.136. The number of nitrogens with zero attached hydrogens (tertiary/aromatic N) is 1. The van der Waals surface area contributed by atoms with E-state index in [4.69, 9.17) is 52.6 Å². The molecule has 42 heavy (non-hydrogen) atoms. The first-order valence-electron chi connectivity index (χ1n) is 12.7. The molecular weight excluding hydrogens is 579 g/mol. The van der Waals surface area contributed by atoms with Crippen LogP contribution < -0.4 is 29.4 Å². The van der Waals surface area contributed by atoms with Gasteiger partial charge in [0, 0.05) is 21.7 Å². The fourth-order valence-corrected chi connectivity index (χ4v) is 4.73. The second-order valence-electron chi connectivity index (χ2n) is 9.17. The maximum absolute atomic E-state index is 12.4. The monoisotopic (exact) mass is 602 g/mol. The van der Waals surface area contributed by atoms with Gasteiger partial charge in [-0.1, -0.05) is 53.5 Å². The molecule has 5 rings (SSSR count). The summed E-state index contributed by atoms with van der Waals surface area (Å²) in [6.07, 6.45) is 0. The van der Waals surface area contributed by atoms with Gasteiger partial charge in [-0.3, -0.25) is 0 Å². The average Bonchev–Trinajstić information content (AvgIpc) is 2.99. The van der Waals surface area contributed by atoms with E-state index in [1.165, 1.54) is 0 Å². The van der Waals surface area contributed by atoms with Crippen LogP contribution in [0.25, 0.3) is 0 Å². The fourth-order valence-electron chi connectivity index (χ4n) is 4.43. The molecule has 0 radical (unpaired) electrons. The molecule has 0 spiro atoms. The summed E-state index contributed by atoms with van der Waals surface area (Å²) in [5.41, 5.74) is 8.73. The van der Waals surface area contributed by atoms with Crippen molar-refractivity contribution in [2.75, 3.05) is 13.7 Å². The molecule has 4 aromatic carbocycles. The first kappa shape index (κ1) is 28.7. The first-order chi connectivity index (χ1) is 20.3. The number of allylic oxidation sites excluding steroid dienone is 1. The van der Waals surface area contributed by atoms with E-state index in [1.54, 1.807) is 73.8 Å². The Balaban J connectivity index is 1.35. The molecule has 212 valence electrons. The van der Waals surface area contributed by atoms with Crippen LogP contribution in [-0.4, -0.2) is 19.7 Å². The number of benzene rings is 4. The van der Waals surface area contributed by atoms with Crippen LogP contribution in [0.2, 0.25) is 10.0 Å². The van der Waals surface area contributed by atoms with Crippen molar-refractivity contribution >= 4 is 29.2 Å². The smallest absolute Gasteiger partial charge is 0.349 e. The zero-order chi connectivity index (χ0) is 29.6. The number of nitriles is 1. The summed E-state index contributed by atoms with van der Waals surface area (Å²) in [5.74, 6) is 0.788. The van der Waals surface area contributed by atoms with Crippen molar-refractivity contribution in [2.24, 2.45) is 5.73 Å². The number of carbonyl (C=O) groups is 1. The van der Waals surface area contributed by atoms with E-state index >= 15 is 0 Å². The van der Waals surface area contributed by atoms with E-state index in [0.717, 1.165) is 11.1 Å². The topological polar surface area (TPSA) is 113 Å². The largest absolute Gasteiger partial charge is 0.493 e. The van der Waals surface area contributed by atoms with Gasteiger partial charge < -0.3 is 29.4 Å². The summed E-state index contributed by atoms with van der Waals surface area (Å²) in [7, 11) is 1.54. The minimum atomic E-state index is -0.623. The Morgan fingerprint density at radius 1 is 0.929 bits per heavy atom. The van der Waals surface area contributed by atoms with Crippen molar-refractivity contribution in [3.63, 3.8) is 0 Å². The summed E-state index contributed by atoms with van der Waals surface area (Å²) in [6, 6.07) is 26.5. The average molecular weight is 603 g/mol. The highest BCUT2D eigenvalue weighted by Gasteiger charge is 2.32. The van der Waals surface area contributed by atoms with Gasteiger partial charge in [0.25, 0.3) is 0 Å². The van der Waals surface area contributed by atoms with Crippen LogP contribution >= 0.6 is 23.2 Å². The van der Waals surface area contributed by atoms with Gasteiger partial charge in [-0.25, -0.2) is 4.79 Å². The third-order valence-electron chi connectivity index (χ3n) is 6.40. The van der Waals surface area contributed by atoms with Gasteiger partial charge in [-0.15, -0.1) is 0 Å². The number of methoxy groups -OCH3 is 1. The molecule has 4 aromatic rings. The Hall–Kier alpha value is -4.84. The van der Waals surface area contributed by atoms with Crippen LogP contribution in [0.3, 0.4) is 0 Å². The number of nitrogens with two attached hydrogens (primary N) is 1. The van der Waals surface area contributed by atoms with Gasteiger partial charge in [-0.2, -0.15) is 5.26 Å². The molecule has 0 bridgehead atoms. The molecule has 1 aliphatic heterocycles. The summed E-state index contributed by atoms with van der Waals surface area (Å²) in [4.78, 5) is 12.4. The highest BCUT2D eigenvalue weighted by molar-refractivity contribution is 6.30. The lowest BCUT2D eigenvalue weighted by Crippen LogP contribution is -2.21. The number of ether oxygens (including phenoxy) is 5. The first-order valence-corrected chi connectivity index (χ1v) is 13.5. The highest BCUT2D eigenvalue weighted by Crippen LogP contribution is 2.45. The number of carbonyl (C=O) groups excluding carboxylic acids is 1. The molecule has 2 N–H and O–H groups in total. The van der Waals surface area contributed by atoms with E-state index in [1.807, 2.05) is 18.2 Å². The van der Waals surface area contributed by atoms with Crippen molar-refractivity contribution in [2.45, 2.75) is 12.5 Å². The molecule has 10 heteroatoms. The van der Waals surface area contributed by atoms with E-state index in [-0.39, 0.29) is 23.8 Å². The van der Waals surface area contributed by atoms with Crippen LogP contribution in [0.5, 0.6) is 28.7 Å². The van der Waals surface area contributed by atoms with E-state index < -0.39 is 11.9 Å². The summed E-state index contributed by atoms with van der Waals surface area (Å²) in [5, 5.41) is 11.1. The predicted octanol–water partition coefficient (Wildman–Crippen LogP) is 6.78. The highest BCUT2D eigenvalue weighted by atomic mass is 35.5. The van der Waals surface area contributed by atoms with Gasteiger partial charge in [0.1, 0.15) is 35.5 Å². The van der Waals surface area contributed by atoms with Crippen LogP contribution in [0.15, 0.2) is 96.4 Å². The quantitative estimate of drug-likeness (QED) is 0.165. The fraction of sp³-hybridized carbons (Fsp3) is 0.125. The van der Waals surface area contributed by atoms with Crippen molar-refractivity contribution in [1.29, 1.82) is 5.26 Å². The summed E-state index contributed by atoms with van der Waals surface area (Å²) >= 11 is 11.9. The third-order valence-corrected chi connectivity index (χ3v) is 6.89. The van der Waals surface area contributed by atoms with Crippen LogP contribution in [-0.2, 0) is 11.4 Å². The van der Waals surface area contributed by atoms with Gasteiger partial charge in [0.2, 0.25) is 5.88 Å². The Morgan fingerprint density at radius 3 is 2.48 bits per heavy atom. The minimum Gasteiger partial charge on any atom is -0.493 e. The lowest BCUT2D eigenvalue weighted by atomic mass is 9.83. The molecule has 0 aromatic heterocycles. The predicted molar refractivity (Wildman–Crippen MR) is 157 cm³/mol. The number of hydrogen-bond acceptors (Lipinski definition) is 8. The number of esters is 1. The zero-order valence-electron chi connectivity index (χ0n) is 22.3. The maximum atomic E-state index is 12.4. The molecular formula is C32H24Cl2N2O6. The van der Waals surface area contributed by atoms with Crippen molar-refractivity contribution in [3.8, 4) is 34.8 Å². The van der Waals surface area contributed by atoms with Gasteiger partial charge in [0.15, 0.2) is 18.1 Å². The Labute approximate surface area is 252 Å². The van der Waals surface area contributed by atoms with Crippen LogP contribution in [0, 0.1) is 11.3 Å². The Morgan fingerprint density at radius 2 is 1.74 bits per heavy atom. The lowest BCUT2D eigenvalue weighted by Gasteiger charge is -2.27. The molecule has 1 atom stereocenters. The molecule has 0 amide bonds. The van der Waals surface area contributed by atoms with Crippen molar-refractivity contribution in [3.05, 3.63) is 123 Å². The molecule has 0 aliphatic carbocycles. The molecule has 0 fully saturated rings. The van der Waals surface area contributed by atoms with E-state index in [0.29, 0.717) is 45.2 Å². The van der Waals surface area contributed by atoms with Gasteiger partial charge >= 0.3 is 5.97 Å². The number of hydrogen-bond donors (Lipinski definition) is 1. The minimum absolute atomic E-state index is 0.0511. The van der Waals surface area contributed by atoms with Gasteiger partial charge in [0.05, 0.1) is 13.0 Å². The molecule has 1 aliphatic rings. The standard InChI is InChI=1S/C32H24Cl2N2O6/c1-38-29-13-20(7-12-27(29)40-17-19-5-8-21(33)9-6-19)31-25-11-10-24(15-28(25)42-32(36)26(31)16-35)41-30(37)18-39-23-4-2-3-22(34)14-23/h2-15,31H,17-18,36H2,1H3. The molecule has 1 heterocycles. The second kappa shape index (κ2) is 12.8. The van der Waals surface area contributed by atoms with E-state index in [2.05, 4.69) is 6.07 Å². The number of rotatable bonds is 9. The van der Waals surface area contributed by atoms with Gasteiger partial charge in [-0.05, 0) is 59.7 Å². The van der Waals surface area contributed by atoms with Crippen molar-refractivity contribution in [1.82, 2.24) is 0 Å². The Bertz CT molecular complexity index is 1700. The molecule has 0 saturated carbocycles.